The minimum Gasteiger partial charge on any atom is -0.491 e. The summed E-state index contributed by atoms with van der Waals surface area (Å²) in [5.74, 6) is 0.750. The molecule has 174 valence electrons. The molecule has 2 aromatic rings. The van der Waals surface area contributed by atoms with Gasteiger partial charge in [0.2, 0.25) is 5.12 Å². The SMILES string of the molecule is CCOCCOc1ccc(-c2ccc(S(=O)(=O)C3(C(=O)S)CCN(CC)CC3)cc2)cc1. The summed E-state index contributed by atoms with van der Waals surface area (Å²) >= 11 is 4.00. The van der Waals surface area contributed by atoms with E-state index >= 15 is 0 Å². The van der Waals surface area contributed by atoms with Crippen molar-refractivity contribution >= 4 is 27.6 Å². The molecule has 0 saturated carbocycles. The van der Waals surface area contributed by atoms with Gasteiger partial charge in [-0.1, -0.05) is 31.2 Å². The van der Waals surface area contributed by atoms with Crippen molar-refractivity contribution in [2.45, 2.75) is 36.3 Å². The summed E-state index contributed by atoms with van der Waals surface area (Å²) < 4.78 is 36.4. The molecular weight excluding hydrogens is 446 g/mol. The van der Waals surface area contributed by atoms with E-state index in [0.29, 0.717) is 32.9 Å². The second-order valence-corrected chi connectivity index (χ2v) is 10.5. The molecule has 3 rings (SSSR count). The lowest BCUT2D eigenvalue weighted by Crippen LogP contribution is -2.52. The van der Waals surface area contributed by atoms with Crippen LogP contribution in [0.15, 0.2) is 53.4 Å². The van der Waals surface area contributed by atoms with Gasteiger partial charge >= 0.3 is 0 Å². The molecule has 1 aliphatic heterocycles. The Balaban J connectivity index is 1.76. The van der Waals surface area contributed by atoms with E-state index in [-0.39, 0.29) is 17.7 Å². The largest absolute Gasteiger partial charge is 0.491 e. The molecule has 0 aromatic heterocycles. The Labute approximate surface area is 196 Å². The average Bonchev–Trinajstić information content (AvgIpc) is 2.82. The molecule has 1 saturated heterocycles. The summed E-state index contributed by atoms with van der Waals surface area (Å²) in [5, 5.41) is -0.572. The van der Waals surface area contributed by atoms with Gasteiger partial charge in [0.1, 0.15) is 17.1 Å². The Morgan fingerprint density at radius 3 is 2.03 bits per heavy atom. The van der Waals surface area contributed by atoms with Crippen molar-refractivity contribution in [1.29, 1.82) is 0 Å². The predicted octanol–water partition coefficient (Wildman–Crippen LogP) is 3.85. The van der Waals surface area contributed by atoms with Crippen LogP contribution in [0.4, 0.5) is 0 Å². The van der Waals surface area contributed by atoms with Gasteiger partial charge < -0.3 is 14.4 Å². The first-order chi connectivity index (χ1) is 15.3. The molecule has 32 heavy (non-hydrogen) atoms. The molecule has 1 fully saturated rings. The van der Waals surface area contributed by atoms with Gasteiger partial charge in [-0.05, 0) is 61.7 Å². The lowest BCUT2D eigenvalue weighted by Gasteiger charge is -2.38. The van der Waals surface area contributed by atoms with Crippen LogP contribution in [0.25, 0.3) is 11.1 Å². The van der Waals surface area contributed by atoms with Crippen LogP contribution in [0, 0.1) is 0 Å². The lowest BCUT2D eigenvalue weighted by molar-refractivity contribution is -0.114. The molecule has 2 aromatic carbocycles. The monoisotopic (exact) mass is 477 g/mol. The number of hydrogen-bond donors (Lipinski definition) is 1. The van der Waals surface area contributed by atoms with Crippen LogP contribution >= 0.6 is 12.6 Å². The van der Waals surface area contributed by atoms with E-state index in [1.165, 1.54) is 0 Å². The third kappa shape index (κ3) is 5.20. The zero-order valence-corrected chi connectivity index (χ0v) is 20.3. The highest BCUT2D eigenvalue weighted by atomic mass is 32.2. The molecule has 8 heteroatoms. The Morgan fingerprint density at radius 1 is 0.969 bits per heavy atom. The van der Waals surface area contributed by atoms with Gasteiger partial charge in [-0.2, -0.15) is 0 Å². The fourth-order valence-corrected chi connectivity index (χ4v) is 6.47. The van der Waals surface area contributed by atoms with E-state index in [1.807, 2.05) is 38.1 Å². The van der Waals surface area contributed by atoms with Crippen LogP contribution in [-0.2, 0) is 19.4 Å². The van der Waals surface area contributed by atoms with E-state index in [9.17, 15) is 13.2 Å². The zero-order chi connectivity index (χ0) is 23.2. The minimum atomic E-state index is -3.86. The fourth-order valence-electron chi connectivity index (χ4n) is 3.99. The number of carbonyl (C=O) groups is 1. The molecule has 0 atom stereocenters. The van der Waals surface area contributed by atoms with E-state index in [2.05, 4.69) is 17.5 Å². The van der Waals surface area contributed by atoms with Gasteiger partial charge in [-0.25, -0.2) is 8.42 Å². The second-order valence-electron chi connectivity index (χ2n) is 7.83. The number of nitrogens with zero attached hydrogens (tertiary/aromatic N) is 1. The van der Waals surface area contributed by atoms with Gasteiger partial charge in [0.25, 0.3) is 0 Å². The molecule has 0 radical (unpaired) electrons. The maximum Gasteiger partial charge on any atom is 0.207 e. The van der Waals surface area contributed by atoms with Crippen LogP contribution in [-0.4, -0.2) is 62.6 Å². The number of piperidine rings is 1. The lowest BCUT2D eigenvalue weighted by atomic mass is 9.97. The standard InChI is InChI=1S/C24H31NO5S2/c1-3-25-15-13-24(14-16-25,23(26)31)32(27,28)22-11-7-20(8-12-22)19-5-9-21(10-6-19)30-18-17-29-4-2/h5-12H,3-4,13-18H2,1-2H3,(H,26,31). The molecule has 1 aliphatic rings. The number of hydrogen-bond acceptors (Lipinski definition) is 6. The third-order valence-corrected chi connectivity index (χ3v) is 9.16. The van der Waals surface area contributed by atoms with Crippen LogP contribution in [0.1, 0.15) is 26.7 Å². The molecule has 0 aliphatic carbocycles. The van der Waals surface area contributed by atoms with Crippen molar-refractivity contribution in [2.24, 2.45) is 0 Å². The van der Waals surface area contributed by atoms with Crippen molar-refractivity contribution in [1.82, 2.24) is 4.90 Å². The summed E-state index contributed by atoms with van der Waals surface area (Å²) in [6.45, 7) is 7.63. The summed E-state index contributed by atoms with van der Waals surface area (Å²) in [5.41, 5.74) is 1.83. The van der Waals surface area contributed by atoms with Crippen molar-refractivity contribution < 1.29 is 22.7 Å². The quantitative estimate of drug-likeness (QED) is 0.414. The van der Waals surface area contributed by atoms with Gasteiger partial charge in [-0.3, -0.25) is 4.79 Å². The number of benzene rings is 2. The molecule has 0 N–H and O–H groups in total. The second kappa shape index (κ2) is 10.8. The average molecular weight is 478 g/mol. The van der Waals surface area contributed by atoms with Crippen molar-refractivity contribution in [3.8, 4) is 16.9 Å². The third-order valence-electron chi connectivity index (χ3n) is 6.07. The smallest absolute Gasteiger partial charge is 0.207 e. The highest BCUT2D eigenvalue weighted by molar-refractivity contribution is 8.02. The van der Waals surface area contributed by atoms with E-state index in [0.717, 1.165) is 23.4 Å². The first kappa shape index (κ1) is 24.8. The summed E-state index contributed by atoms with van der Waals surface area (Å²) in [6.07, 6.45) is 0.524. The topological polar surface area (TPSA) is 72.9 Å². The Hall–Kier alpha value is -1.87. The molecule has 6 nitrogen and oxygen atoms in total. The molecule has 0 unspecified atom stereocenters. The Kier molecular flexibility index (Phi) is 8.38. The Bertz CT molecular complexity index is 996. The summed E-state index contributed by atoms with van der Waals surface area (Å²) in [7, 11) is -3.86. The number of thiol groups is 1. The number of likely N-dealkylation sites (tertiary alicyclic amines) is 1. The molecule has 1 heterocycles. The van der Waals surface area contributed by atoms with Crippen molar-refractivity contribution in [2.75, 3.05) is 39.5 Å². The molecule has 0 spiro atoms. The van der Waals surface area contributed by atoms with Crippen molar-refractivity contribution in [3.05, 3.63) is 48.5 Å². The summed E-state index contributed by atoms with van der Waals surface area (Å²) in [6, 6.07) is 14.3. The Morgan fingerprint density at radius 2 is 1.53 bits per heavy atom. The van der Waals surface area contributed by atoms with Crippen LogP contribution < -0.4 is 4.74 Å². The first-order valence-corrected chi connectivity index (χ1v) is 12.9. The zero-order valence-electron chi connectivity index (χ0n) is 18.6. The van der Waals surface area contributed by atoms with Gasteiger partial charge in [0.15, 0.2) is 9.84 Å². The molecular formula is C24H31NO5S2. The first-order valence-electron chi connectivity index (χ1n) is 11.0. The van der Waals surface area contributed by atoms with E-state index < -0.39 is 19.7 Å². The van der Waals surface area contributed by atoms with Crippen molar-refractivity contribution in [3.63, 3.8) is 0 Å². The van der Waals surface area contributed by atoms with Crippen LogP contribution in [0.2, 0.25) is 0 Å². The van der Waals surface area contributed by atoms with Gasteiger partial charge in [-0.15, -0.1) is 12.6 Å². The highest BCUT2D eigenvalue weighted by Gasteiger charge is 2.51. The molecule has 0 amide bonds. The number of sulfone groups is 1. The predicted molar refractivity (Wildman–Crippen MR) is 129 cm³/mol. The van der Waals surface area contributed by atoms with Gasteiger partial charge in [0.05, 0.1) is 11.5 Å². The van der Waals surface area contributed by atoms with E-state index in [4.69, 9.17) is 9.47 Å². The molecule has 0 bridgehead atoms. The van der Waals surface area contributed by atoms with Gasteiger partial charge in [0, 0.05) is 19.7 Å². The maximum absolute atomic E-state index is 13.5. The fraction of sp³-hybridized carbons (Fsp3) is 0.458. The number of rotatable bonds is 10. The van der Waals surface area contributed by atoms with Crippen LogP contribution in [0.5, 0.6) is 5.75 Å². The highest BCUT2D eigenvalue weighted by Crippen LogP contribution is 2.38. The summed E-state index contributed by atoms with van der Waals surface area (Å²) in [4.78, 5) is 14.7. The maximum atomic E-state index is 13.5. The van der Waals surface area contributed by atoms with E-state index in [1.54, 1.807) is 24.3 Å². The minimum absolute atomic E-state index is 0.157. The number of carbonyl (C=O) groups excluding carboxylic acids is 1. The normalized spacial score (nSPS) is 16.6. The van der Waals surface area contributed by atoms with Crippen LogP contribution in [0.3, 0.4) is 0 Å². The number of ether oxygens (including phenoxy) is 2.